The van der Waals surface area contributed by atoms with Crippen LogP contribution < -0.4 is 10.6 Å². The molecule has 150 valence electrons. The van der Waals surface area contributed by atoms with Crippen LogP contribution in [0.1, 0.15) is 17.4 Å². The average Bonchev–Trinajstić information content (AvgIpc) is 3.43. The fraction of sp³-hybridized carbons (Fsp3) is 0.286. The number of nitrogens with zero attached hydrogens (tertiary/aromatic N) is 3. The molecule has 0 unspecified atom stereocenters. The number of aryl methyl sites for hydroxylation is 1. The van der Waals surface area contributed by atoms with Gasteiger partial charge in [0.25, 0.3) is 0 Å². The molecule has 0 saturated heterocycles. The summed E-state index contributed by atoms with van der Waals surface area (Å²) in [6.07, 6.45) is 5.76. The zero-order chi connectivity index (χ0) is 20.4. The maximum Gasteiger partial charge on any atom is 0.127 e. The fourth-order valence-electron chi connectivity index (χ4n) is 3.52. The van der Waals surface area contributed by atoms with Crippen molar-refractivity contribution in [3.8, 4) is 21.7 Å². The first-order valence-corrected chi connectivity index (χ1v) is 11.1. The third-order valence-electron chi connectivity index (χ3n) is 4.79. The van der Waals surface area contributed by atoms with Crippen molar-refractivity contribution >= 4 is 44.2 Å². The predicted molar refractivity (Wildman–Crippen MR) is 122 cm³/mol. The van der Waals surface area contributed by atoms with Gasteiger partial charge in [-0.05, 0) is 43.1 Å². The molecule has 2 N–H and O–H groups in total. The molecule has 1 aromatic carbocycles. The van der Waals surface area contributed by atoms with Gasteiger partial charge in [-0.3, -0.25) is 4.68 Å². The molecule has 4 heterocycles. The van der Waals surface area contributed by atoms with Crippen LogP contribution in [0.3, 0.4) is 0 Å². The van der Waals surface area contributed by atoms with Gasteiger partial charge in [0.2, 0.25) is 0 Å². The Morgan fingerprint density at radius 3 is 2.83 bits per heavy atom. The standard InChI is InChI=1S/C19H19N5S2.C2H4O/c1-20-18-17(13-5-6-21-9-16(13)26-18)19-23-14-7-11(3-4-15(14)25-19)12-8-22-24(2)10-12;1-2-3/h3-4,7-8,10,20-21H,5-6,9H2,1-2H3;2H,1H3. The van der Waals surface area contributed by atoms with E-state index in [0.29, 0.717) is 0 Å². The number of carbonyl (C=O) groups excluding carboxylic acids is 1. The van der Waals surface area contributed by atoms with Crippen molar-refractivity contribution < 1.29 is 4.79 Å². The number of hydrogen-bond donors (Lipinski definition) is 2. The van der Waals surface area contributed by atoms with Gasteiger partial charge in [0, 0.05) is 42.8 Å². The lowest BCUT2D eigenvalue weighted by atomic mass is 10.0. The Kier molecular flexibility index (Phi) is 5.75. The van der Waals surface area contributed by atoms with Crippen LogP contribution in [0.5, 0.6) is 0 Å². The van der Waals surface area contributed by atoms with Crippen molar-refractivity contribution in [3.05, 3.63) is 41.0 Å². The number of rotatable bonds is 3. The summed E-state index contributed by atoms with van der Waals surface area (Å²) in [6.45, 7) is 3.45. The molecule has 0 radical (unpaired) electrons. The molecule has 1 aliphatic heterocycles. The lowest BCUT2D eigenvalue weighted by Gasteiger charge is -2.13. The van der Waals surface area contributed by atoms with E-state index in [9.17, 15) is 0 Å². The molecule has 0 aliphatic carbocycles. The highest BCUT2D eigenvalue weighted by Gasteiger charge is 2.23. The molecular weight excluding hydrogens is 402 g/mol. The quantitative estimate of drug-likeness (QED) is 0.479. The summed E-state index contributed by atoms with van der Waals surface area (Å²) in [5.74, 6) is 0. The Hall–Kier alpha value is -2.55. The molecule has 6 nitrogen and oxygen atoms in total. The van der Waals surface area contributed by atoms with Crippen LogP contribution >= 0.6 is 22.7 Å². The molecule has 1 aliphatic rings. The van der Waals surface area contributed by atoms with Crippen LogP contribution in [0.15, 0.2) is 30.6 Å². The SMILES string of the molecule is CC=O.CNc1sc2c(c1-c1nc3cc(-c4cnn(C)c4)ccc3s1)CCNC2. The Morgan fingerprint density at radius 1 is 1.28 bits per heavy atom. The van der Waals surface area contributed by atoms with Gasteiger partial charge in [-0.25, -0.2) is 4.98 Å². The number of hydrogen-bond acceptors (Lipinski definition) is 7. The zero-order valence-corrected chi connectivity index (χ0v) is 18.3. The molecule has 0 fully saturated rings. The third kappa shape index (κ3) is 3.83. The third-order valence-corrected chi connectivity index (χ3v) is 7.10. The summed E-state index contributed by atoms with van der Waals surface area (Å²) in [5.41, 5.74) is 6.11. The normalized spacial score (nSPS) is 12.9. The van der Waals surface area contributed by atoms with E-state index in [1.54, 1.807) is 11.3 Å². The smallest absolute Gasteiger partial charge is 0.127 e. The molecule has 0 atom stereocenters. The Morgan fingerprint density at radius 2 is 2.10 bits per heavy atom. The molecule has 0 spiro atoms. The molecule has 4 aromatic rings. The number of carbonyl (C=O) groups is 1. The van der Waals surface area contributed by atoms with Crippen LogP contribution in [0.25, 0.3) is 31.9 Å². The minimum atomic E-state index is 0.750. The van der Waals surface area contributed by atoms with E-state index in [-0.39, 0.29) is 0 Å². The van der Waals surface area contributed by atoms with E-state index in [1.165, 1.54) is 32.6 Å². The van der Waals surface area contributed by atoms with Crippen LogP contribution in [-0.4, -0.2) is 34.6 Å². The Balaban J connectivity index is 0.000000645. The summed E-state index contributed by atoms with van der Waals surface area (Å²) in [4.78, 5) is 15.2. The monoisotopic (exact) mass is 425 g/mol. The first kappa shape index (κ1) is 19.8. The second kappa shape index (κ2) is 8.44. The number of thiophene rings is 1. The van der Waals surface area contributed by atoms with Gasteiger partial charge in [0.05, 0.1) is 21.4 Å². The Labute approximate surface area is 177 Å². The van der Waals surface area contributed by atoms with Crippen LogP contribution in [0, 0.1) is 0 Å². The highest BCUT2D eigenvalue weighted by Crippen LogP contribution is 2.44. The number of fused-ring (bicyclic) bond motifs is 2. The van der Waals surface area contributed by atoms with Gasteiger partial charge in [0.15, 0.2) is 0 Å². The second-order valence-electron chi connectivity index (χ2n) is 6.72. The largest absolute Gasteiger partial charge is 0.379 e. The lowest BCUT2D eigenvalue weighted by Crippen LogP contribution is -2.22. The first-order valence-electron chi connectivity index (χ1n) is 9.47. The number of benzene rings is 1. The van der Waals surface area contributed by atoms with E-state index in [0.717, 1.165) is 47.4 Å². The van der Waals surface area contributed by atoms with Gasteiger partial charge in [-0.1, -0.05) is 6.07 Å². The van der Waals surface area contributed by atoms with Crippen LogP contribution in [0.4, 0.5) is 5.00 Å². The molecule has 0 amide bonds. The Bertz CT molecular complexity index is 1160. The summed E-state index contributed by atoms with van der Waals surface area (Å²) >= 11 is 3.63. The molecule has 8 heteroatoms. The molecule has 0 bridgehead atoms. The summed E-state index contributed by atoms with van der Waals surface area (Å²) in [6, 6.07) is 6.51. The number of thiazole rings is 1. The first-order chi connectivity index (χ1) is 14.1. The highest BCUT2D eigenvalue weighted by molar-refractivity contribution is 7.22. The molecule has 3 aromatic heterocycles. The predicted octanol–water partition coefficient (Wildman–Crippen LogP) is 4.32. The van der Waals surface area contributed by atoms with E-state index in [2.05, 4.69) is 33.9 Å². The molecule has 0 saturated carbocycles. The minimum Gasteiger partial charge on any atom is -0.379 e. The fourth-order valence-corrected chi connectivity index (χ4v) is 5.78. The average molecular weight is 426 g/mol. The van der Waals surface area contributed by atoms with Crippen molar-refractivity contribution in [3.63, 3.8) is 0 Å². The molecule has 29 heavy (non-hydrogen) atoms. The van der Waals surface area contributed by atoms with E-state index in [1.807, 2.05) is 42.5 Å². The van der Waals surface area contributed by atoms with Crippen molar-refractivity contribution in [2.45, 2.75) is 19.9 Å². The zero-order valence-electron chi connectivity index (χ0n) is 16.7. The van der Waals surface area contributed by atoms with Crippen LogP contribution in [0.2, 0.25) is 0 Å². The number of anilines is 1. The van der Waals surface area contributed by atoms with Gasteiger partial charge in [-0.15, -0.1) is 22.7 Å². The van der Waals surface area contributed by atoms with Gasteiger partial charge < -0.3 is 15.4 Å². The van der Waals surface area contributed by atoms with E-state index >= 15 is 0 Å². The van der Waals surface area contributed by atoms with Gasteiger partial charge >= 0.3 is 0 Å². The summed E-state index contributed by atoms with van der Waals surface area (Å²) in [5, 5.41) is 13.5. The number of nitrogens with one attached hydrogen (secondary N) is 2. The minimum absolute atomic E-state index is 0.750. The summed E-state index contributed by atoms with van der Waals surface area (Å²) < 4.78 is 3.06. The van der Waals surface area contributed by atoms with Gasteiger partial charge in [-0.2, -0.15) is 5.10 Å². The lowest BCUT2D eigenvalue weighted by molar-refractivity contribution is -0.106. The van der Waals surface area contributed by atoms with Crippen LogP contribution in [-0.2, 0) is 24.8 Å². The van der Waals surface area contributed by atoms with Crippen molar-refractivity contribution in [1.29, 1.82) is 0 Å². The maximum absolute atomic E-state index is 8.81. The number of aldehydes is 1. The van der Waals surface area contributed by atoms with E-state index in [4.69, 9.17) is 9.78 Å². The topological polar surface area (TPSA) is 71.8 Å². The number of aromatic nitrogens is 3. The molecule has 5 rings (SSSR count). The van der Waals surface area contributed by atoms with Crippen molar-refractivity contribution in [1.82, 2.24) is 20.1 Å². The molecular formula is C21H23N5OS2. The van der Waals surface area contributed by atoms with Crippen molar-refractivity contribution in [2.75, 3.05) is 18.9 Å². The highest BCUT2D eigenvalue weighted by atomic mass is 32.1. The van der Waals surface area contributed by atoms with E-state index < -0.39 is 0 Å². The van der Waals surface area contributed by atoms with Gasteiger partial charge in [0.1, 0.15) is 11.3 Å². The summed E-state index contributed by atoms with van der Waals surface area (Å²) in [7, 11) is 3.94. The second-order valence-corrected chi connectivity index (χ2v) is 8.86. The van der Waals surface area contributed by atoms with Crippen molar-refractivity contribution in [2.24, 2.45) is 7.05 Å². The maximum atomic E-state index is 8.81.